The average Bonchev–Trinajstić information content (AvgIpc) is 2.75. The standard InChI is InChI=1S/C13H21N5O3/c1-3-17-13(11(18(20)21)8(2)16-17)15-10-6-4-5-9(7-10)12(14)19/h9-10,15H,3-7H2,1-2H3,(H2,14,19)/t9-,10+/m1/s1. The molecular formula is C13H21N5O3. The predicted octanol–water partition coefficient (Wildman–Crippen LogP) is 1.58. The summed E-state index contributed by atoms with van der Waals surface area (Å²) < 4.78 is 1.60. The lowest BCUT2D eigenvalue weighted by Gasteiger charge is -2.28. The number of nitrogens with two attached hydrogens (primary N) is 1. The number of hydrogen-bond donors (Lipinski definition) is 2. The van der Waals surface area contributed by atoms with Crippen molar-refractivity contribution in [3.63, 3.8) is 0 Å². The molecule has 0 unspecified atom stereocenters. The van der Waals surface area contributed by atoms with Crippen molar-refractivity contribution in [1.82, 2.24) is 9.78 Å². The van der Waals surface area contributed by atoms with E-state index in [4.69, 9.17) is 5.73 Å². The number of aryl methyl sites for hydroxylation is 2. The summed E-state index contributed by atoms with van der Waals surface area (Å²) in [7, 11) is 0. The van der Waals surface area contributed by atoms with Crippen LogP contribution in [0, 0.1) is 23.0 Å². The fraction of sp³-hybridized carbons (Fsp3) is 0.692. The quantitative estimate of drug-likeness (QED) is 0.632. The first-order valence-electron chi connectivity index (χ1n) is 7.21. The molecule has 0 spiro atoms. The summed E-state index contributed by atoms with van der Waals surface area (Å²) in [5.74, 6) is -0.0271. The van der Waals surface area contributed by atoms with Gasteiger partial charge in [0.15, 0.2) is 0 Å². The molecule has 1 amide bonds. The Labute approximate surface area is 122 Å². The van der Waals surface area contributed by atoms with Crippen LogP contribution in [0.15, 0.2) is 0 Å². The number of nitrogens with zero attached hydrogens (tertiary/aromatic N) is 3. The van der Waals surface area contributed by atoms with Crippen molar-refractivity contribution in [3.05, 3.63) is 15.8 Å². The minimum atomic E-state index is -0.411. The second kappa shape index (κ2) is 6.11. The van der Waals surface area contributed by atoms with E-state index < -0.39 is 4.92 Å². The largest absolute Gasteiger partial charge is 0.369 e. The van der Waals surface area contributed by atoms with E-state index in [0.29, 0.717) is 24.5 Å². The van der Waals surface area contributed by atoms with E-state index in [2.05, 4.69) is 10.4 Å². The zero-order valence-electron chi connectivity index (χ0n) is 12.3. The second-order valence-corrected chi connectivity index (χ2v) is 5.46. The third-order valence-electron chi connectivity index (χ3n) is 4.00. The minimum absolute atomic E-state index is 0.0105. The first-order chi connectivity index (χ1) is 9.93. The van der Waals surface area contributed by atoms with Crippen molar-refractivity contribution in [2.45, 2.75) is 52.1 Å². The molecule has 0 aliphatic heterocycles. The molecule has 2 rings (SSSR count). The molecule has 1 saturated carbocycles. The van der Waals surface area contributed by atoms with Gasteiger partial charge in [0.1, 0.15) is 5.69 Å². The zero-order valence-corrected chi connectivity index (χ0v) is 12.3. The number of carbonyl (C=O) groups excluding carboxylic acids is 1. The van der Waals surface area contributed by atoms with Crippen LogP contribution in [-0.4, -0.2) is 26.7 Å². The van der Waals surface area contributed by atoms with Gasteiger partial charge in [-0.25, -0.2) is 4.68 Å². The maximum absolute atomic E-state index is 11.3. The Hall–Kier alpha value is -2.12. The van der Waals surface area contributed by atoms with Crippen LogP contribution in [0.2, 0.25) is 0 Å². The van der Waals surface area contributed by atoms with E-state index in [1.807, 2.05) is 6.92 Å². The summed E-state index contributed by atoms with van der Waals surface area (Å²) in [4.78, 5) is 22.1. The van der Waals surface area contributed by atoms with Crippen LogP contribution in [0.1, 0.15) is 38.3 Å². The molecule has 2 atom stereocenters. The SMILES string of the molecule is CCn1nc(C)c([N+](=O)[O-])c1N[C@H]1CCC[C@@H](C(N)=O)C1. The smallest absolute Gasteiger partial charge is 0.333 e. The third-order valence-corrected chi connectivity index (χ3v) is 4.00. The third kappa shape index (κ3) is 3.14. The van der Waals surface area contributed by atoms with Gasteiger partial charge in [-0.3, -0.25) is 14.9 Å². The van der Waals surface area contributed by atoms with Crippen molar-refractivity contribution in [2.24, 2.45) is 11.7 Å². The highest BCUT2D eigenvalue weighted by molar-refractivity contribution is 5.76. The lowest BCUT2D eigenvalue weighted by molar-refractivity contribution is -0.384. The minimum Gasteiger partial charge on any atom is -0.369 e. The summed E-state index contributed by atoms with van der Waals surface area (Å²) in [6, 6.07) is 0.0105. The van der Waals surface area contributed by atoms with E-state index in [-0.39, 0.29) is 23.6 Å². The molecule has 1 aliphatic rings. The number of amides is 1. The molecule has 1 aromatic heterocycles. The number of hydrogen-bond acceptors (Lipinski definition) is 5. The number of nitro groups is 1. The topological polar surface area (TPSA) is 116 Å². The molecule has 8 heteroatoms. The fourth-order valence-electron chi connectivity index (χ4n) is 2.93. The number of nitrogens with one attached hydrogen (secondary N) is 1. The summed E-state index contributed by atoms with van der Waals surface area (Å²) in [6.07, 6.45) is 3.16. The highest BCUT2D eigenvalue weighted by Gasteiger charge is 2.30. The van der Waals surface area contributed by atoms with Crippen molar-refractivity contribution in [1.29, 1.82) is 0 Å². The van der Waals surface area contributed by atoms with Crippen LogP contribution in [0.3, 0.4) is 0 Å². The molecule has 1 aliphatic carbocycles. The van der Waals surface area contributed by atoms with E-state index >= 15 is 0 Å². The summed E-state index contributed by atoms with van der Waals surface area (Å²) in [5.41, 5.74) is 5.78. The maximum atomic E-state index is 11.3. The molecule has 0 aromatic carbocycles. The first-order valence-corrected chi connectivity index (χ1v) is 7.21. The van der Waals surface area contributed by atoms with Gasteiger partial charge < -0.3 is 11.1 Å². The highest BCUT2D eigenvalue weighted by atomic mass is 16.6. The van der Waals surface area contributed by atoms with E-state index in [1.165, 1.54) is 0 Å². The van der Waals surface area contributed by atoms with Crippen molar-refractivity contribution in [2.75, 3.05) is 5.32 Å². The van der Waals surface area contributed by atoms with Crippen LogP contribution >= 0.6 is 0 Å². The number of carbonyl (C=O) groups is 1. The van der Waals surface area contributed by atoms with Gasteiger partial charge in [0, 0.05) is 18.5 Å². The van der Waals surface area contributed by atoms with Gasteiger partial charge in [-0.05, 0) is 33.1 Å². The molecule has 1 heterocycles. The molecule has 116 valence electrons. The Morgan fingerprint density at radius 2 is 2.29 bits per heavy atom. The second-order valence-electron chi connectivity index (χ2n) is 5.46. The normalized spacial score (nSPS) is 22.0. The Balaban J connectivity index is 2.22. The molecule has 8 nitrogen and oxygen atoms in total. The van der Waals surface area contributed by atoms with Gasteiger partial charge >= 0.3 is 5.69 Å². The lowest BCUT2D eigenvalue weighted by atomic mass is 9.85. The van der Waals surface area contributed by atoms with Gasteiger partial charge in [-0.15, -0.1) is 0 Å². The number of rotatable bonds is 5. The van der Waals surface area contributed by atoms with Gasteiger partial charge in [0.25, 0.3) is 0 Å². The molecule has 0 bridgehead atoms. The summed E-state index contributed by atoms with van der Waals surface area (Å²) >= 11 is 0. The summed E-state index contributed by atoms with van der Waals surface area (Å²) in [6.45, 7) is 4.06. The Morgan fingerprint density at radius 1 is 1.57 bits per heavy atom. The Kier molecular flexibility index (Phi) is 4.44. The maximum Gasteiger partial charge on any atom is 0.333 e. The van der Waals surface area contributed by atoms with Gasteiger partial charge in [-0.1, -0.05) is 6.42 Å². The van der Waals surface area contributed by atoms with Crippen molar-refractivity contribution >= 4 is 17.4 Å². The van der Waals surface area contributed by atoms with Crippen LogP contribution < -0.4 is 11.1 Å². The zero-order chi connectivity index (χ0) is 15.6. The van der Waals surface area contributed by atoms with Crippen LogP contribution in [-0.2, 0) is 11.3 Å². The van der Waals surface area contributed by atoms with Crippen molar-refractivity contribution < 1.29 is 9.72 Å². The average molecular weight is 295 g/mol. The number of primary amides is 1. The first kappa shape index (κ1) is 15.3. The van der Waals surface area contributed by atoms with Crippen LogP contribution in [0.25, 0.3) is 0 Å². The van der Waals surface area contributed by atoms with Gasteiger partial charge in [-0.2, -0.15) is 5.10 Å². The number of anilines is 1. The summed E-state index contributed by atoms with van der Waals surface area (Å²) in [5, 5.41) is 18.6. The highest BCUT2D eigenvalue weighted by Crippen LogP contribution is 2.32. The fourth-order valence-corrected chi connectivity index (χ4v) is 2.93. The van der Waals surface area contributed by atoms with Crippen LogP contribution in [0.4, 0.5) is 11.5 Å². The molecular weight excluding hydrogens is 274 g/mol. The molecule has 0 radical (unpaired) electrons. The van der Waals surface area contributed by atoms with Crippen molar-refractivity contribution in [3.8, 4) is 0 Å². The monoisotopic (exact) mass is 295 g/mol. The van der Waals surface area contributed by atoms with Gasteiger partial charge in [0.2, 0.25) is 11.7 Å². The number of aromatic nitrogens is 2. The molecule has 3 N–H and O–H groups in total. The predicted molar refractivity (Wildman–Crippen MR) is 77.9 cm³/mol. The molecule has 0 saturated heterocycles. The Bertz CT molecular complexity index is 554. The Morgan fingerprint density at radius 3 is 2.86 bits per heavy atom. The van der Waals surface area contributed by atoms with Crippen LogP contribution in [0.5, 0.6) is 0 Å². The lowest BCUT2D eigenvalue weighted by Crippen LogP contribution is -2.34. The molecule has 1 aromatic rings. The van der Waals surface area contributed by atoms with E-state index in [1.54, 1.807) is 11.6 Å². The van der Waals surface area contributed by atoms with E-state index in [9.17, 15) is 14.9 Å². The van der Waals surface area contributed by atoms with Gasteiger partial charge in [0.05, 0.1) is 4.92 Å². The molecule has 21 heavy (non-hydrogen) atoms. The van der Waals surface area contributed by atoms with E-state index in [0.717, 1.165) is 19.3 Å². The molecule has 1 fully saturated rings.